The van der Waals surface area contributed by atoms with Crippen LogP contribution in [0.3, 0.4) is 0 Å². The summed E-state index contributed by atoms with van der Waals surface area (Å²) in [5.41, 5.74) is 1.47. The Kier molecular flexibility index (Phi) is 8.68. The van der Waals surface area contributed by atoms with Gasteiger partial charge in [-0.2, -0.15) is 0 Å². The Labute approximate surface area is 175 Å². The molecule has 0 aliphatic rings. The van der Waals surface area contributed by atoms with Gasteiger partial charge in [-0.25, -0.2) is 9.59 Å². The summed E-state index contributed by atoms with van der Waals surface area (Å²) in [6, 6.07) is 11.8. The molecule has 0 fully saturated rings. The Bertz CT molecular complexity index is 895. The largest absolute Gasteiger partial charge is 0.490 e. The Hall–Kier alpha value is -3.55. The van der Waals surface area contributed by atoms with Gasteiger partial charge in [-0.05, 0) is 43.2 Å². The standard InChI is InChI=1S/C22H25NO7/c1-4-11-28-18-7-5-6-8-19(18)29-14-21(25)30-13-20(24)23-17-12-16(22(26)27-3)10-9-15(17)2/h5-10,12H,4,11,13-14H2,1-3H3,(H,23,24). The number of hydrogen-bond acceptors (Lipinski definition) is 7. The molecule has 0 atom stereocenters. The summed E-state index contributed by atoms with van der Waals surface area (Å²) in [5, 5.41) is 2.61. The van der Waals surface area contributed by atoms with Crippen molar-refractivity contribution in [2.45, 2.75) is 20.3 Å². The van der Waals surface area contributed by atoms with Gasteiger partial charge in [0, 0.05) is 5.69 Å². The van der Waals surface area contributed by atoms with E-state index in [9.17, 15) is 14.4 Å². The highest BCUT2D eigenvalue weighted by molar-refractivity contribution is 5.96. The molecule has 0 saturated heterocycles. The molecule has 1 N–H and O–H groups in total. The number of rotatable bonds is 10. The molecular formula is C22H25NO7. The summed E-state index contributed by atoms with van der Waals surface area (Å²) in [5.74, 6) is -0.804. The van der Waals surface area contributed by atoms with Crippen LogP contribution >= 0.6 is 0 Å². The number of methoxy groups -OCH3 is 1. The minimum atomic E-state index is -0.699. The lowest BCUT2D eigenvalue weighted by Crippen LogP contribution is -2.24. The predicted molar refractivity (Wildman–Crippen MR) is 110 cm³/mol. The molecular weight excluding hydrogens is 390 g/mol. The van der Waals surface area contributed by atoms with E-state index in [0.717, 1.165) is 12.0 Å². The van der Waals surface area contributed by atoms with Gasteiger partial charge >= 0.3 is 11.9 Å². The van der Waals surface area contributed by atoms with Gasteiger partial charge in [0.05, 0.1) is 19.3 Å². The van der Waals surface area contributed by atoms with E-state index in [4.69, 9.17) is 14.2 Å². The first kappa shape index (κ1) is 22.7. The number of carbonyl (C=O) groups excluding carboxylic acids is 3. The molecule has 8 nitrogen and oxygen atoms in total. The molecule has 1 amide bonds. The summed E-state index contributed by atoms with van der Waals surface area (Å²) < 4.78 is 20.6. The Morgan fingerprint density at radius 3 is 2.33 bits per heavy atom. The maximum atomic E-state index is 12.1. The summed E-state index contributed by atoms with van der Waals surface area (Å²) in [7, 11) is 1.27. The fraction of sp³-hybridized carbons (Fsp3) is 0.318. The molecule has 0 heterocycles. The molecule has 8 heteroatoms. The second-order valence-electron chi connectivity index (χ2n) is 6.31. The zero-order valence-corrected chi connectivity index (χ0v) is 17.2. The van der Waals surface area contributed by atoms with Crippen LogP contribution in [0.1, 0.15) is 29.3 Å². The van der Waals surface area contributed by atoms with Crippen molar-refractivity contribution in [1.82, 2.24) is 0 Å². The van der Waals surface area contributed by atoms with E-state index in [-0.39, 0.29) is 6.61 Å². The first-order chi connectivity index (χ1) is 14.4. The van der Waals surface area contributed by atoms with Gasteiger partial charge in [0.15, 0.2) is 24.7 Å². The van der Waals surface area contributed by atoms with Crippen LogP contribution in [0.15, 0.2) is 42.5 Å². The molecule has 0 spiro atoms. The first-order valence-electron chi connectivity index (χ1n) is 9.43. The molecule has 0 aliphatic heterocycles. The van der Waals surface area contributed by atoms with Crippen molar-refractivity contribution in [2.24, 2.45) is 0 Å². The quantitative estimate of drug-likeness (QED) is 0.595. The molecule has 2 aromatic rings. The Morgan fingerprint density at radius 2 is 1.67 bits per heavy atom. The zero-order valence-electron chi connectivity index (χ0n) is 17.2. The highest BCUT2D eigenvalue weighted by Gasteiger charge is 2.13. The van der Waals surface area contributed by atoms with Gasteiger partial charge in [-0.1, -0.05) is 25.1 Å². The number of hydrogen-bond donors (Lipinski definition) is 1. The SMILES string of the molecule is CCCOc1ccccc1OCC(=O)OCC(=O)Nc1cc(C(=O)OC)ccc1C. The number of nitrogens with one attached hydrogen (secondary N) is 1. The topological polar surface area (TPSA) is 100 Å². The van der Waals surface area contributed by atoms with Crippen molar-refractivity contribution < 1.29 is 33.3 Å². The van der Waals surface area contributed by atoms with Crippen LogP contribution < -0.4 is 14.8 Å². The highest BCUT2D eigenvalue weighted by Crippen LogP contribution is 2.26. The van der Waals surface area contributed by atoms with Crippen molar-refractivity contribution in [3.05, 3.63) is 53.6 Å². The number of ether oxygens (including phenoxy) is 4. The van der Waals surface area contributed by atoms with Crippen LogP contribution in [0.25, 0.3) is 0 Å². The number of carbonyl (C=O) groups is 3. The molecule has 160 valence electrons. The van der Waals surface area contributed by atoms with Gasteiger partial charge in [-0.15, -0.1) is 0 Å². The molecule has 0 radical (unpaired) electrons. The van der Waals surface area contributed by atoms with Crippen LogP contribution in [-0.2, 0) is 19.1 Å². The normalized spacial score (nSPS) is 10.1. The summed E-state index contributed by atoms with van der Waals surface area (Å²) in [6.07, 6.45) is 0.841. The van der Waals surface area contributed by atoms with Gasteiger partial charge in [0.1, 0.15) is 0 Å². The maximum Gasteiger partial charge on any atom is 0.344 e. The van der Waals surface area contributed by atoms with Crippen LogP contribution in [0.4, 0.5) is 5.69 Å². The molecule has 30 heavy (non-hydrogen) atoms. The average molecular weight is 415 g/mol. The second kappa shape index (κ2) is 11.5. The van der Waals surface area contributed by atoms with Crippen LogP contribution in [0, 0.1) is 6.92 Å². The van der Waals surface area contributed by atoms with Crippen molar-refractivity contribution in [3.8, 4) is 11.5 Å². The third-order valence-electron chi connectivity index (χ3n) is 3.95. The number of anilines is 1. The number of para-hydroxylation sites is 2. The molecule has 0 saturated carbocycles. The first-order valence-corrected chi connectivity index (χ1v) is 9.43. The van der Waals surface area contributed by atoms with Crippen molar-refractivity contribution in [1.29, 1.82) is 0 Å². The van der Waals surface area contributed by atoms with E-state index in [1.165, 1.54) is 13.2 Å². The van der Waals surface area contributed by atoms with Gasteiger partial charge < -0.3 is 24.3 Å². The molecule has 0 aliphatic carbocycles. The molecule has 2 rings (SSSR count). The van der Waals surface area contributed by atoms with Gasteiger partial charge in [0.2, 0.25) is 0 Å². The zero-order chi connectivity index (χ0) is 21.9. The van der Waals surface area contributed by atoms with Gasteiger partial charge in [0.25, 0.3) is 5.91 Å². The van der Waals surface area contributed by atoms with E-state index in [1.54, 1.807) is 43.3 Å². The maximum absolute atomic E-state index is 12.1. The fourth-order valence-corrected chi connectivity index (χ4v) is 2.41. The summed E-state index contributed by atoms with van der Waals surface area (Å²) in [6.45, 7) is 3.43. The minimum absolute atomic E-state index is 0.299. The van der Waals surface area contributed by atoms with Crippen LogP contribution in [0.2, 0.25) is 0 Å². The lowest BCUT2D eigenvalue weighted by molar-refractivity contribution is -0.149. The number of esters is 2. The Balaban J connectivity index is 1.84. The molecule has 0 unspecified atom stereocenters. The third kappa shape index (κ3) is 6.80. The predicted octanol–water partition coefficient (Wildman–Crippen LogP) is 3.13. The number of amides is 1. The molecule has 2 aromatic carbocycles. The van der Waals surface area contributed by atoms with E-state index in [1.807, 2.05) is 6.92 Å². The fourth-order valence-electron chi connectivity index (χ4n) is 2.41. The van der Waals surface area contributed by atoms with Crippen molar-refractivity contribution in [2.75, 3.05) is 32.2 Å². The van der Waals surface area contributed by atoms with Gasteiger partial charge in [-0.3, -0.25) is 4.79 Å². The van der Waals surface area contributed by atoms with E-state index in [2.05, 4.69) is 10.1 Å². The van der Waals surface area contributed by atoms with Crippen molar-refractivity contribution >= 4 is 23.5 Å². The highest BCUT2D eigenvalue weighted by atomic mass is 16.6. The lowest BCUT2D eigenvalue weighted by Gasteiger charge is -2.12. The van der Waals surface area contributed by atoms with Crippen LogP contribution in [0.5, 0.6) is 11.5 Å². The van der Waals surface area contributed by atoms with E-state index in [0.29, 0.717) is 29.4 Å². The smallest absolute Gasteiger partial charge is 0.344 e. The van der Waals surface area contributed by atoms with E-state index < -0.39 is 24.5 Å². The third-order valence-corrected chi connectivity index (χ3v) is 3.95. The summed E-state index contributed by atoms with van der Waals surface area (Å²) in [4.78, 5) is 35.6. The van der Waals surface area contributed by atoms with Crippen LogP contribution in [-0.4, -0.2) is 44.8 Å². The number of benzene rings is 2. The number of aryl methyl sites for hydroxylation is 1. The monoisotopic (exact) mass is 415 g/mol. The molecule has 0 bridgehead atoms. The minimum Gasteiger partial charge on any atom is -0.490 e. The Morgan fingerprint density at radius 1 is 0.967 bits per heavy atom. The van der Waals surface area contributed by atoms with E-state index >= 15 is 0 Å². The summed E-state index contributed by atoms with van der Waals surface area (Å²) >= 11 is 0. The second-order valence-corrected chi connectivity index (χ2v) is 6.31. The lowest BCUT2D eigenvalue weighted by atomic mass is 10.1. The molecule has 0 aromatic heterocycles. The average Bonchev–Trinajstić information content (AvgIpc) is 2.76. The van der Waals surface area contributed by atoms with Crippen molar-refractivity contribution in [3.63, 3.8) is 0 Å².